The molecule has 2 N–H and O–H groups in total. The van der Waals surface area contributed by atoms with Crippen LogP contribution >= 0.6 is 27.3 Å². The summed E-state index contributed by atoms with van der Waals surface area (Å²) in [5.41, 5.74) is 5.84. The Bertz CT molecular complexity index is 777. The van der Waals surface area contributed by atoms with Gasteiger partial charge in [0.15, 0.2) is 17.4 Å². The van der Waals surface area contributed by atoms with Crippen LogP contribution in [0.25, 0.3) is 10.2 Å². The lowest BCUT2D eigenvalue weighted by Crippen LogP contribution is -2.04. The van der Waals surface area contributed by atoms with Gasteiger partial charge in [0.05, 0.1) is 5.39 Å². The Morgan fingerprint density at radius 1 is 1.30 bits per heavy atom. The van der Waals surface area contributed by atoms with Crippen LogP contribution in [-0.2, 0) is 6.61 Å². The highest BCUT2D eigenvalue weighted by Gasteiger charge is 2.09. The van der Waals surface area contributed by atoms with Crippen LogP contribution in [-0.4, -0.2) is 9.97 Å². The summed E-state index contributed by atoms with van der Waals surface area (Å²) in [4.78, 5) is 9.28. The molecule has 1 aromatic carbocycles. The van der Waals surface area contributed by atoms with Crippen molar-refractivity contribution in [2.24, 2.45) is 0 Å². The van der Waals surface area contributed by atoms with E-state index in [0.717, 1.165) is 10.2 Å². The number of anilines is 1. The lowest BCUT2D eigenvalue weighted by atomic mass is 10.3. The monoisotopic (exact) mass is 353 g/mol. The average molecular weight is 354 g/mol. The number of ether oxygens (including phenoxy) is 1. The Balaban J connectivity index is 1.82. The van der Waals surface area contributed by atoms with E-state index in [-0.39, 0.29) is 12.4 Å². The zero-order valence-corrected chi connectivity index (χ0v) is 12.5. The van der Waals surface area contributed by atoms with E-state index in [0.29, 0.717) is 16.1 Å². The Hall–Kier alpha value is -1.73. The third-order valence-corrected chi connectivity index (χ3v) is 3.95. The summed E-state index contributed by atoms with van der Waals surface area (Å²) >= 11 is 4.66. The van der Waals surface area contributed by atoms with Crippen LogP contribution in [0.1, 0.15) is 5.82 Å². The number of benzene rings is 1. The molecule has 0 amide bonds. The summed E-state index contributed by atoms with van der Waals surface area (Å²) in [6.45, 7) is 0.0661. The molecule has 3 aromatic rings. The molecular weight excluding hydrogens is 345 g/mol. The van der Waals surface area contributed by atoms with Gasteiger partial charge in [-0.2, -0.15) is 0 Å². The maximum absolute atomic E-state index is 13.6. The van der Waals surface area contributed by atoms with Gasteiger partial charge in [-0.1, -0.05) is 15.9 Å². The molecule has 7 heteroatoms. The number of halogens is 2. The second-order valence-corrected chi connectivity index (χ2v) is 5.84. The fourth-order valence-corrected chi connectivity index (χ4v) is 2.85. The number of nitrogens with zero attached hydrogens (tertiary/aromatic N) is 2. The van der Waals surface area contributed by atoms with Crippen molar-refractivity contribution >= 4 is 43.3 Å². The number of fused-ring (bicyclic) bond motifs is 1. The molecule has 0 bridgehead atoms. The van der Waals surface area contributed by atoms with Crippen molar-refractivity contribution in [1.29, 1.82) is 0 Å². The average Bonchev–Trinajstić information content (AvgIpc) is 2.86. The molecule has 20 heavy (non-hydrogen) atoms. The molecule has 3 rings (SSSR count). The first-order valence-electron chi connectivity index (χ1n) is 5.71. The lowest BCUT2D eigenvalue weighted by molar-refractivity contribution is 0.281. The smallest absolute Gasteiger partial charge is 0.169 e. The highest BCUT2D eigenvalue weighted by Crippen LogP contribution is 2.24. The standard InChI is InChI=1S/C13H9BrFN3OS/c14-7-1-2-10(9(15)5-7)19-6-11-17-12(16)8-3-4-20-13(8)18-11/h1-5H,6H2,(H2,16,17,18). The minimum absolute atomic E-state index is 0.0661. The van der Waals surface area contributed by atoms with Gasteiger partial charge in [0, 0.05) is 4.47 Å². The molecule has 0 spiro atoms. The summed E-state index contributed by atoms with van der Waals surface area (Å²) in [5.74, 6) is 0.553. The molecule has 0 fully saturated rings. The minimum Gasteiger partial charge on any atom is -0.483 e. The first kappa shape index (κ1) is 13.3. The molecule has 4 nitrogen and oxygen atoms in total. The Kier molecular flexibility index (Phi) is 3.54. The van der Waals surface area contributed by atoms with E-state index >= 15 is 0 Å². The van der Waals surface area contributed by atoms with Gasteiger partial charge in [0.1, 0.15) is 17.3 Å². The molecular formula is C13H9BrFN3OS. The second-order valence-electron chi connectivity index (χ2n) is 4.03. The van der Waals surface area contributed by atoms with Crippen LogP contribution in [0, 0.1) is 5.82 Å². The zero-order chi connectivity index (χ0) is 14.1. The van der Waals surface area contributed by atoms with E-state index in [1.807, 2.05) is 11.4 Å². The first-order valence-corrected chi connectivity index (χ1v) is 7.38. The number of nitrogen functional groups attached to an aromatic ring is 1. The molecule has 0 aliphatic heterocycles. The van der Waals surface area contributed by atoms with Crippen molar-refractivity contribution in [2.75, 3.05) is 5.73 Å². The quantitative estimate of drug-likeness (QED) is 0.778. The molecule has 0 aliphatic carbocycles. The van der Waals surface area contributed by atoms with Gasteiger partial charge in [-0.05, 0) is 29.6 Å². The van der Waals surface area contributed by atoms with E-state index < -0.39 is 5.82 Å². The predicted molar refractivity (Wildman–Crippen MR) is 80.3 cm³/mol. The van der Waals surface area contributed by atoms with E-state index in [1.165, 1.54) is 17.4 Å². The lowest BCUT2D eigenvalue weighted by Gasteiger charge is -2.07. The highest BCUT2D eigenvalue weighted by atomic mass is 79.9. The van der Waals surface area contributed by atoms with Crippen molar-refractivity contribution in [3.8, 4) is 5.75 Å². The number of nitrogens with two attached hydrogens (primary N) is 1. The van der Waals surface area contributed by atoms with Crippen LogP contribution < -0.4 is 10.5 Å². The van der Waals surface area contributed by atoms with Crippen molar-refractivity contribution in [1.82, 2.24) is 9.97 Å². The van der Waals surface area contributed by atoms with Crippen LogP contribution in [0.15, 0.2) is 34.1 Å². The number of rotatable bonds is 3. The normalized spacial score (nSPS) is 10.9. The number of aromatic nitrogens is 2. The van der Waals surface area contributed by atoms with Crippen LogP contribution in [0.4, 0.5) is 10.2 Å². The molecule has 0 radical (unpaired) electrons. The van der Waals surface area contributed by atoms with Crippen LogP contribution in [0.5, 0.6) is 5.75 Å². The molecule has 0 aliphatic rings. The summed E-state index contributed by atoms with van der Waals surface area (Å²) in [7, 11) is 0. The number of hydrogen-bond donors (Lipinski definition) is 1. The molecule has 0 unspecified atom stereocenters. The minimum atomic E-state index is -0.440. The van der Waals surface area contributed by atoms with Gasteiger partial charge in [0.25, 0.3) is 0 Å². The maximum Gasteiger partial charge on any atom is 0.169 e. The van der Waals surface area contributed by atoms with E-state index in [4.69, 9.17) is 10.5 Å². The summed E-state index contributed by atoms with van der Waals surface area (Å²) < 4.78 is 19.7. The summed E-state index contributed by atoms with van der Waals surface area (Å²) in [6, 6.07) is 6.46. The maximum atomic E-state index is 13.6. The summed E-state index contributed by atoms with van der Waals surface area (Å²) in [5, 5.41) is 2.72. The van der Waals surface area contributed by atoms with Crippen molar-refractivity contribution < 1.29 is 9.13 Å². The van der Waals surface area contributed by atoms with E-state index in [9.17, 15) is 4.39 Å². The van der Waals surface area contributed by atoms with Gasteiger partial charge in [-0.25, -0.2) is 14.4 Å². The molecule has 0 saturated carbocycles. The largest absolute Gasteiger partial charge is 0.483 e. The molecule has 0 atom stereocenters. The molecule has 2 heterocycles. The molecule has 2 aromatic heterocycles. The topological polar surface area (TPSA) is 61.0 Å². The third kappa shape index (κ3) is 2.59. The van der Waals surface area contributed by atoms with Gasteiger partial charge < -0.3 is 10.5 Å². The van der Waals surface area contributed by atoms with E-state index in [2.05, 4.69) is 25.9 Å². The van der Waals surface area contributed by atoms with Gasteiger partial charge >= 0.3 is 0 Å². The van der Waals surface area contributed by atoms with Gasteiger partial charge in [-0.15, -0.1) is 11.3 Å². The number of hydrogen-bond acceptors (Lipinski definition) is 5. The highest BCUT2D eigenvalue weighted by molar-refractivity contribution is 9.10. The van der Waals surface area contributed by atoms with Crippen molar-refractivity contribution in [2.45, 2.75) is 6.61 Å². The second kappa shape index (κ2) is 5.34. The van der Waals surface area contributed by atoms with Crippen LogP contribution in [0.3, 0.4) is 0 Å². The van der Waals surface area contributed by atoms with E-state index in [1.54, 1.807) is 12.1 Å². The Morgan fingerprint density at radius 3 is 2.95 bits per heavy atom. The van der Waals surface area contributed by atoms with Crippen molar-refractivity contribution in [3.05, 3.63) is 45.8 Å². The number of thiophene rings is 1. The first-order chi connectivity index (χ1) is 9.63. The molecule has 0 saturated heterocycles. The van der Waals surface area contributed by atoms with Crippen molar-refractivity contribution in [3.63, 3.8) is 0 Å². The Morgan fingerprint density at radius 2 is 2.15 bits per heavy atom. The van der Waals surface area contributed by atoms with Crippen LogP contribution in [0.2, 0.25) is 0 Å². The third-order valence-electron chi connectivity index (χ3n) is 2.65. The van der Waals surface area contributed by atoms with Gasteiger partial charge in [0.2, 0.25) is 0 Å². The molecule has 102 valence electrons. The fourth-order valence-electron chi connectivity index (χ4n) is 1.72. The fraction of sp³-hybridized carbons (Fsp3) is 0.0769. The SMILES string of the molecule is Nc1nc(COc2ccc(Br)cc2F)nc2sccc12. The predicted octanol–water partition coefficient (Wildman–Crippen LogP) is 3.75. The summed E-state index contributed by atoms with van der Waals surface area (Å²) in [6.07, 6.45) is 0. The van der Waals surface area contributed by atoms with Gasteiger partial charge in [-0.3, -0.25) is 0 Å². The Labute approximate surface area is 126 Å². The zero-order valence-electron chi connectivity index (χ0n) is 10.1.